The molecular weight excluding hydrogens is 208 g/mol. The maximum absolute atomic E-state index is 5.98. The maximum Gasteiger partial charge on any atom is 0.0435 e. The predicted octanol–water partition coefficient (Wildman–Crippen LogP) is 2.43. The van der Waals surface area contributed by atoms with E-state index in [1.54, 1.807) is 0 Å². The number of nitrogens with zero attached hydrogens (tertiary/aromatic N) is 1. The van der Waals surface area contributed by atoms with Crippen molar-refractivity contribution in [1.82, 2.24) is 4.90 Å². The number of halogens is 1. The molecule has 0 radical (unpaired) electrons. The second-order valence-corrected chi connectivity index (χ2v) is 4.15. The molecule has 1 rings (SSSR count). The van der Waals surface area contributed by atoms with E-state index in [-0.39, 0.29) is 0 Å². The Bertz CT molecular complexity index is 312. The minimum Gasteiger partial charge on any atom is -0.329 e. The lowest BCUT2D eigenvalue weighted by atomic mass is 10.1. The van der Waals surface area contributed by atoms with Crippen LogP contribution in [0.15, 0.2) is 18.2 Å². The molecule has 0 unspecified atom stereocenters. The fourth-order valence-electron chi connectivity index (χ4n) is 1.59. The Hall–Kier alpha value is -0.570. The lowest BCUT2D eigenvalue weighted by molar-refractivity contribution is 0.288. The highest BCUT2D eigenvalue weighted by Gasteiger charge is 2.03. The normalized spacial score (nSPS) is 11.0. The van der Waals surface area contributed by atoms with Crippen LogP contribution in [-0.4, -0.2) is 24.5 Å². The van der Waals surface area contributed by atoms with Crippen LogP contribution in [0, 0.1) is 6.92 Å². The summed E-state index contributed by atoms with van der Waals surface area (Å²) in [5, 5.41) is 0.834. The average Bonchev–Trinajstić information content (AvgIpc) is 2.23. The van der Waals surface area contributed by atoms with E-state index in [0.717, 1.165) is 30.2 Å². The minimum absolute atomic E-state index is 0.709. The van der Waals surface area contributed by atoms with Gasteiger partial charge in [-0.15, -0.1) is 0 Å². The zero-order chi connectivity index (χ0) is 11.3. The summed E-state index contributed by atoms with van der Waals surface area (Å²) in [6, 6.07) is 6.18. The van der Waals surface area contributed by atoms with Gasteiger partial charge in [0.25, 0.3) is 0 Å². The van der Waals surface area contributed by atoms with Crippen molar-refractivity contribution < 1.29 is 0 Å². The standard InChI is InChI=1S/C12H19ClN2/c1-3-15(7-6-14)9-11-4-5-12(13)10(2)8-11/h4-5,8H,3,6-7,9,14H2,1-2H3. The Morgan fingerprint density at radius 3 is 2.67 bits per heavy atom. The van der Waals surface area contributed by atoms with E-state index in [0.29, 0.717) is 6.54 Å². The third-order valence-electron chi connectivity index (χ3n) is 2.52. The van der Waals surface area contributed by atoms with Gasteiger partial charge in [-0.05, 0) is 30.7 Å². The van der Waals surface area contributed by atoms with Crippen LogP contribution in [0.25, 0.3) is 0 Å². The van der Waals surface area contributed by atoms with Gasteiger partial charge in [-0.1, -0.05) is 30.7 Å². The molecule has 1 aromatic carbocycles. The van der Waals surface area contributed by atoms with Crippen molar-refractivity contribution in [2.75, 3.05) is 19.6 Å². The Morgan fingerprint density at radius 2 is 2.13 bits per heavy atom. The van der Waals surface area contributed by atoms with Crippen LogP contribution in [0.5, 0.6) is 0 Å². The molecule has 0 aliphatic carbocycles. The summed E-state index contributed by atoms with van der Waals surface area (Å²) in [5.74, 6) is 0. The molecule has 2 N–H and O–H groups in total. The van der Waals surface area contributed by atoms with Gasteiger partial charge >= 0.3 is 0 Å². The van der Waals surface area contributed by atoms with Crippen LogP contribution in [0.1, 0.15) is 18.1 Å². The molecule has 84 valence electrons. The Kier molecular flexibility index (Phi) is 5.09. The third kappa shape index (κ3) is 3.82. The highest BCUT2D eigenvalue weighted by molar-refractivity contribution is 6.31. The molecule has 0 bridgehead atoms. The highest BCUT2D eigenvalue weighted by atomic mass is 35.5. The van der Waals surface area contributed by atoms with Crippen molar-refractivity contribution in [2.24, 2.45) is 5.73 Å². The van der Waals surface area contributed by atoms with Gasteiger partial charge < -0.3 is 5.73 Å². The van der Waals surface area contributed by atoms with E-state index in [9.17, 15) is 0 Å². The van der Waals surface area contributed by atoms with E-state index in [2.05, 4.69) is 24.0 Å². The average molecular weight is 227 g/mol. The van der Waals surface area contributed by atoms with Crippen molar-refractivity contribution in [3.63, 3.8) is 0 Å². The SMILES string of the molecule is CCN(CCN)Cc1ccc(Cl)c(C)c1. The summed E-state index contributed by atoms with van der Waals surface area (Å²) in [4.78, 5) is 2.32. The number of rotatable bonds is 5. The molecule has 0 aliphatic heterocycles. The van der Waals surface area contributed by atoms with Gasteiger partial charge in [-0.2, -0.15) is 0 Å². The summed E-state index contributed by atoms with van der Waals surface area (Å²) >= 11 is 5.98. The fraction of sp³-hybridized carbons (Fsp3) is 0.500. The number of hydrogen-bond acceptors (Lipinski definition) is 2. The molecule has 0 saturated carbocycles. The Morgan fingerprint density at radius 1 is 1.40 bits per heavy atom. The van der Waals surface area contributed by atoms with Gasteiger partial charge in [0.05, 0.1) is 0 Å². The first-order valence-corrected chi connectivity index (χ1v) is 5.72. The first-order valence-electron chi connectivity index (χ1n) is 5.34. The number of aryl methyl sites for hydroxylation is 1. The quantitative estimate of drug-likeness (QED) is 0.836. The van der Waals surface area contributed by atoms with Crippen molar-refractivity contribution in [3.8, 4) is 0 Å². The molecule has 3 heteroatoms. The van der Waals surface area contributed by atoms with Gasteiger partial charge in [0, 0.05) is 24.7 Å². The van der Waals surface area contributed by atoms with Crippen LogP contribution in [-0.2, 0) is 6.54 Å². The zero-order valence-corrected chi connectivity index (χ0v) is 10.2. The lowest BCUT2D eigenvalue weighted by Crippen LogP contribution is -2.28. The van der Waals surface area contributed by atoms with Gasteiger partial charge in [0.15, 0.2) is 0 Å². The molecule has 1 aromatic rings. The molecule has 15 heavy (non-hydrogen) atoms. The van der Waals surface area contributed by atoms with Crippen molar-refractivity contribution in [1.29, 1.82) is 0 Å². The summed E-state index contributed by atoms with van der Waals surface area (Å²) in [6.45, 7) is 7.81. The molecule has 0 aliphatic rings. The summed E-state index contributed by atoms with van der Waals surface area (Å²) in [6.07, 6.45) is 0. The van der Waals surface area contributed by atoms with Crippen LogP contribution in [0.4, 0.5) is 0 Å². The van der Waals surface area contributed by atoms with Crippen molar-refractivity contribution in [3.05, 3.63) is 34.3 Å². The smallest absolute Gasteiger partial charge is 0.0435 e. The van der Waals surface area contributed by atoms with Crippen molar-refractivity contribution in [2.45, 2.75) is 20.4 Å². The molecule has 0 fully saturated rings. The van der Waals surface area contributed by atoms with E-state index >= 15 is 0 Å². The van der Waals surface area contributed by atoms with Crippen LogP contribution >= 0.6 is 11.6 Å². The maximum atomic E-state index is 5.98. The van der Waals surface area contributed by atoms with Gasteiger partial charge in [-0.3, -0.25) is 4.90 Å². The topological polar surface area (TPSA) is 29.3 Å². The van der Waals surface area contributed by atoms with E-state index in [4.69, 9.17) is 17.3 Å². The molecule has 2 nitrogen and oxygen atoms in total. The second-order valence-electron chi connectivity index (χ2n) is 3.74. The van der Waals surface area contributed by atoms with E-state index in [1.165, 1.54) is 5.56 Å². The first-order chi connectivity index (χ1) is 7.17. The monoisotopic (exact) mass is 226 g/mol. The molecule has 0 spiro atoms. The van der Waals surface area contributed by atoms with Crippen LogP contribution in [0.2, 0.25) is 5.02 Å². The molecule has 0 saturated heterocycles. The molecular formula is C12H19ClN2. The van der Waals surface area contributed by atoms with Crippen molar-refractivity contribution >= 4 is 11.6 Å². The van der Waals surface area contributed by atoms with Gasteiger partial charge in [0.2, 0.25) is 0 Å². The Labute approximate surface area is 97.0 Å². The molecule has 0 amide bonds. The number of likely N-dealkylation sites (N-methyl/N-ethyl adjacent to an activating group) is 1. The zero-order valence-electron chi connectivity index (χ0n) is 9.46. The van der Waals surface area contributed by atoms with E-state index < -0.39 is 0 Å². The second kappa shape index (κ2) is 6.11. The fourth-order valence-corrected chi connectivity index (χ4v) is 1.71. The minimum atomic E-state index is 0.709. The van der Waals surface area contributed by atoms with E-state index in [1.807, 2.05) is 13.0 Å². The highest BCUT2D eigenvalue weighted by Crippen LogP contribution is 2.17. The number of benzene rings is 1. The summed E-state index contributed by atoms with van der Waals surface area (Å²) < 4.78 is 0. The molecule has 0 heterocycles. The van der Waals surface area contributed by atoms with Crippen LogP contribution in [0.3, 0.4) is 0 Å². The third-order valence-corrected chi connectivity index (χ3v) is 2.95. The summed E-state index contributed by atoms with van der Waals surface area (Å²) in [7, 11) is 0. The number of hydrogen-bond donors (Lipinski definition) is 1. The summed E-state index contributed by atoms with van der Waals surface area (Å²) in [5.41, 5.74) is 7.99. The van der Waals surface area contributed by atoms with Gasteiger partial charge in [-0.25, -0.2) is 0 Å². The largest absolute Gasteiger partial charge is 0.329 e. The predicted molar refractivity (Wildman–Crippen MR) is 66.2 cm³/mol. The molecule has 0 aromatic heterocycles. The van der Waals surface area contributed by atoms with Crippen LogP contribution < -0.4 is 5.73 Å². The first kappa shape index (κ1) is 12.5. The Balaban J connectivity index is 2.66. The lowest BCUT2D eigenvalue weighted by Gasteiger charge is -2.19. The molecule has 0 atom stereocenters. The van der Waals surface area contributed by atoms with Gasteiger partial charge in [0.1, 0.15) is 0 Å². The number of nitrogens with two attached hydrogens (primary N) is 1.